The van der Waals surface area contributed by atoms with E-state index in [1.165, 1.54) is 6.07 Å². The Labute approximate surface area is 196 Å². The minimum absolute atomic E-state index is 0.134. The standard InChI is InChI=1S/C23H28ClFN6O2/c1-12(2)33-20-15(13(3)22-29-14(4)19-21(26)28-7-10-31(19)22)11-16(24)18(25)17(20)23(32)30-8-5-27-6-9-30/h7,10-13,27H,5-6,8-9H2,1-4H3,(H2,26,28). The van der Waals surface area contributed by atoms with E-state index >= 15 is 4.39 Å². The number of nitrogens with two attached hydrogens (primary N) is 1. The molecular weight excluding hydrogens is 447 g/mol. The molecule has 1 unspecified atom stereocenters. The molecule has 1 amide bonds. The van der Waals surface area contributed by atoms with Crippen molar-refractivity contribution >= 4 is 28.8 Å². The SMILES string of the molecule is Cc1nc(C(C)c2cc(Cl)c(F)c(C(=O)N3CCNCC3)c2OC(C)C)n2ccnc(N)c12. The number of ether oxygens (including phenoxy) is 1. The summed E-state index contributed by atoms with van der Waals surface area (Å²) in [7, 11) is 0. The van der Waals surface area contributed by atoms with Gasteiger partial charge in [0.15, 0.2) is 5.82 Å². The predicted octanol–water partition coefficient (Wildman–Crippen LogP) is 3.40. The number of carbonyl (C=O) groups is 1. The molecule has 10 heteroatoms. The van der Waals surface area contributed by atoms with E-state index in [1.54, 1.807) is 17.3 Å². The van der Waals surface area contributed by atoms with Gasteiger partial charge < -0.3 is 20.7 Å². The Morgan fingerprint density at radius 2 is 2.00 bits per heavy atom. The Morgan fingerprint density at radius 3 is 2.67 bits per heavy atom. The molecule has 1 saturated heterocycles. The molecule has 1 aliphatic heterocycles. The average molecular weight is 475 g/mol. The maximum absolute atomic E-state index is 15.4. The summed E-state index contributed by atoms with van der Waals surface area (Å²) >= 11 is 6.32. The zero-order valence-corrected chi connectivity index (χ0v) is 19.9. The summed E-state index contributed by atoms with van der Waals surface area (Å²) in [5.41, 5.74) is 7.94. The van der Waals surface area contributed by atoms with Crippen LogP contribution in [0.2, 0.25) is 5.02 Å². The van der Waals surface area contributed by atoms with Gasteiger partial charge in [0.25, 0.3) is 5.91 Å². The third-order valence-electron chi connectivity index (χ3n) is 5.81. The number of aromatic nitrogens is 3. The number of anilines is 1. The van der Waals surface area contributed by atoms with Gasteiger partial charge in [-0.05, 0) is 26.8 Å². The zero-order valence-electron chi connectivity index (χ0n) is 19.2. The van der Waals surface area contributed by atoms with Gasteiger partial charge in [-0.25, -0.2) is 14.4 Å². The molecule has 0 spiro atoms. The van der Waals surface area contributed by atoms with Crippen molar-refractivity contribution in [3.63, 3.8) is 0 Å². The van der Waals surface area contributed by atoms with E-state index in [9.17, 15) is 4.79 Å². The van der Waals surface area contributed by atoms with E-state index in [2.05, 4.69) is 10.3 Å². The Hall–Kier alpha value is -2.91. The number of nitrogen functional groups attached to an aromatic ring is 1. The first-order valence-corrected chi connectivity index (χ1v) is 11.4. The summed E-state index contributed by atoms with van der Waals surface area (Å²) in [5, 5.41) is 3.06. The lowest BCUT2D eigenvalue weighted by Gasteiger charge is -2.29. The number of rotatable bonds is 5. The summed E-state index contributed by atoms with van der Waals surface area (Å²) in [6, 6.07) is 1.52. The molecule has 33 heavy (non-hydrogen) atoms. The Bertz CT molecular complexity index is 1210. The van der Waals surface area contributed by atoms with Gasteiger partial charge in [0, 0.05) is 50.1 Å². The molecule has 0 aliphatic carbocycles. The summed E-state index contributed by atoms with van der Waals surface area (Å²) in [6.45, 7) is 9.69. The van der Waals surface area contributed by atoms with Gasteiger partial charge in [0.1, 0.15) is 28.5 Å². The third kappa shape index (κ3) is 4.22. The second-order valence-electron chi connectivity index (χ2n) is 8.48. The molecule has 0 saturated carbocycles. The van der Waals surface area contributed by atoms with Crippen LogP contribution in [0.25, 0.3) is 5.52 Å². The van der Waals surface area contributed by atoms with Crippen LogP contribution in [0.5, 0.6) is 5.75 Å². The van der Waals surface area contributed by atoms with Crippen molar-refractivity contribution in [2.75, 3.05) is 31.9 Å². The highest BCUT2D eigenvalue weighted by Gasteiger charge is 2.32. The molecule has 1 aliphatic rings. The third-order valence-corrected chi connectivity index (χ3v) is 6.09. The Morgan fingerprint density at radius 1 is 1.30 bits per heavy atom. The fraction of sp³-hybridized carbons (Fsp3) is 0.435. The lowest BCUT2D eigenvalue weighted by molar-refractivity contribution is 0.0724. The molecule has 3 N–H and O–H groups in total. The fourth-order valence-corrected chi connectivity index (χ4v) is 4.46. The van der Waals surface area contributed by atoms with Gasteiger partial charge in [-0.2, -0.15) is 0 Å². The molecule has 1 atom stereocenters. The number of nitrogens with zero attached hydrogens (tertiary/aromatic N) is 4. The summed E-state index contributed by atoms with van der Waals surface area (Å²) < 4.78 is 23.3. The monoisotopic (exact) mass is 474 g/mol. The minimum Gasteiger partial charge on any atom is -0.490 e. The maximum atomic E-state index is 15.4. The molecule has 3 aromatic rings. The molecule has 176 valence electrons. The van der Waals surface area contributed by atoms with Crippen LogP contribution in [0.3, 0.4) is 0 Å². The normalized spacial score (nSPS) is 15.3. The van der Waals surface area contributed by atoms with Crippen LogP contribution in [-0.4, -0.2) is 57.5 Å². The number of piperazine rings is 1. The Kier molecular flexibility index (Phi) is 6.45. The predicted molar refractivity (Wildman–Crippen MR) is 126 cm³/mol. The van der Waals surface area contributed by atoms with Crippen LogP contribution in [0.1, 0.15) is 54.1 Å². The molecule has 0 radical (unpaired) electrons. The number of imidazole rings is 1. The first-order valence-electron chi connectivity index (χ1n) is 11.0. The molecular formula is C23H28ClFN6O2. The number of aryl methyl sites for hydroxylation is 1. The first kappa shape index (κ1) is 23.3. The van der Waals surface area contributed by atoms with Crippen molar-refractivity contribution in [3.8, 4) is 5.75 Å². The molecule has 8 nitrogen and oxygen atoms in total. The van der Waals surface area contributed by atoms with Crippen LogP contribution in [0.4, 0.5) is 10.2 Å². The summed E-state index contributed by atoms with van der Waals surface area (Å²) in [5.74, 6) is -0.365. The van der Waals surface area contributed by atoms with Crippen LogP contribution in [0.15, 0.2) is 18.5 Å². The number of hydrogen-bond acceptors (Lipinski definition) is 6. The molecule has 4 rings (SSSR count). The van der Waals surface area contributed by atoms with Crippen molar-refractivity contribution in [2.24, 2.45) is 0 Å². The minimum atomic E-state index is -0.774. The van der Waals surface area contributed by atoms with Crippen molar-refractivity contribution < 1.29 is 13.9 Å². The topological polar surface area (TPSA) is 97.8 Å². The van der Waals surface area contributed by atoms with Gasteiger partial charge in [-0.1, -0.05) is 18.5 Å². The van der Waals surface area contributed by atoms with Crippen molar-refractivity contribution in [3.05, 3.63) is 51.9 Å². The number of amides is 1. The molecule has 0 bridgehead atoms. The maximum Gasteiger partial charge on any atom is 0.260 e. The molecule has 3 heterocycles. The molecule has 1 aromatic carbocycles. The van der Waals surface area contributed by atoms with Crippen LogP contribution >= 0.6 is 11.6 Å². The number of carbonyl (C=O) groups excluding carboxylic acids is 1. The number of hydrogen-bond donors (Lipinski definition) is 2. The summed E-state index contributed by atoms with van der Waals surface area (Å²) in [6.07, 6.45) is 3.09. The fourth-order valence-electron chi connectivity index (χ4n) is 4.24. The second-order valence-corrected chi connectivity index (χ2v) is 8.89. The van der Waals surface area contributed by atoms with Crippen molar-refractivity contribution in [1.29, 1.82) is 0 Å². The highest BCUT2D eigenvalue weighted by molar-refractivity contribution is 6.31. The number of nitrogens with one attached hydrogen (secondary N) is 1. The zero-order chi connectivity index (χ0) is 23.9. The second kappa shape index (κ2) is 9.15. The summed E-state index contributed by atoms with van der Waals surface area (Å²) in [4.78, 5) is 23.9. The molecule has 2 aromatic heterocycles. The van der Waals surface area contributed by atoms with Crippen molar-refractivity contribution in [2.45, 2.75) is 39.7 Å². The van der Waals surface area contributed by atoms with E-state index in [0.717, 1.165) is 5.69 Å². The van der Waals surface area contributed by atoms with Crippen LogP contribution in [0, 0.1) is 12.7 Å². The highest BCUT2D eigenvalue weighted by atomic mass is 35.5. The van der Waals surface area contributed by atoms with Gasteiger partial charge in [-0.15, -0.1) is 0 Å². The van der Waals surface area contributed by atoms with Gasteiger partial charge in [-0.3, -0.25) is 9.20 Å². The molecule has 1 fully saturated rings. The van der Waals surface area contributed by atoms with Gasteiger partial charge >= 0.3 is 0 Å². The van der Waals surface area contributed by atoms with E-state index in [1.807, 2.05) is 32.1 Å². The highest BCUT2D eigenvalue weighted by Crippen LogP contribution is 2.40. The Balaban J connectivity index is 1.90. The van der Waals surface area contributed by atoms with Crippen LogP contribution in [-0.2, 0) is 0 Å². The largest absolute Gasteiger partial charge is 0.490 e. The number of halogens is 2. The lowest BCUT2D eigenvalue weighted by atomic mass is 9.95. The van der Waals surface area contributed by atoms with E-state index in [4.69, 9.17) is 27.1 Å². The smallest absolute Gasteiger partial charge is 0.260 e. The average Bonchev–Trinajstić information content (AvgIpc) is 3.13. The van der Waals surface area contributed by atoms with Crippen LogP contribution < -0.4 is 15.8 Å². The first-order chi connectivity index (χ1) is 15.7. The van der Waals surface area contributed by atoms with E-state index in [0.29, 0.717) is 48.9 Å². The quantitative estimate of drug-likeness (QED) is 0.588. The lowest BCUT2D eigenvalue weighted by Crippen LogP contribution is -2.46. The number of benzene rings is 1. The van der Waals surface area contributed by atoms with E-state index < -0.39 is 11.7 Å². The van der Waals surface area contributed by atoms with E-state index in [-0.39, 0.29) is 28.4 Å². The number of fused-ring (bicyclic) bond motifs is 1. The van der Waals surface area contributed by atoms with Crippen molar-refractivity contribution in [1.82, 2.24) is 24.6 Å². The van der Waals surface area contributed by atoms with Gasteiger partial charge in [0.05, 0.1) is 16.8 Å². The van der Waals surface area contributed by atoms with Gasteiger partial charge in [0.2, 0.25) is 0 Å².